The summed E-state index contributed by atoms with van der Waals surface area (Å²) >= 11 is 11.6. The first-order valence-electron chi connectivity index (χ1n) is 4.83. The highest BCUT2D eigenvalue weighted by molar-refractivity contribution is 6.42. The molecule has 0 radical (unpaired) electrons. The van der Waals surface area contributed by atoms with Crippen LogP contribution in [0.25, 0.3) is 11.3 Å². The Kier molecular flexibility index (Phi) is 3.50. The molecule has 0 amide bonds. The van der Waals surface area contributed by atoms with Gasteiger partial charge in [0.05, 0.1) is 27.5 Å². The Morgan fingerprint density at radius 1 is 1.22 bits per heavy atom. The van der Waals surface area contributed by atoms with Crippen molar-refractivity contribution in [2.24, 2.45) is 0 Å². The SMILES string of the molecule is O=C(O)c1cc(F)cnc1-c1ccc(Cl)c(Cl)c1. The van der Waals surface area contributed by atoms with E-state index in [1.54, 1.807) is 6.07 Å². The molecule has 0 aliphatic rings. The molecule has 1 aromatic carbocycles. The van der Waals surface area contributed by atoms with E-state index in [0.29, 0.717) is 10.6 Å². The number of carboxylic acid groups (broad SMARTS) is 1. The highest BCUT2D eigenvalue weighted by Gasteiger charge is 2.15. The maximum Gasteiger partial charge on any atom is 0.338 e. The van der Waals surface area contributed by atoms with Gasteiger partial charge >= 0.3 is 5.97 Å². The highest BCUT2D eigenvalue weighted by atomic mass is 35.5. The van der Waals surface area contributed by atoms with Gasteiger partial charge in [-0.05, 0) is 18.2 Å². The van der Waals surface area contributed by atoms with Crippen LogP contribution in [0.5, 0.6) is 0 Å². The standard InChI is InChI=1S/C12H6Cl2FNO2/c13-9-2-1-6(3-10(9)14)11-8(12(17)18)4-7(15)5-16-11/h1-5H,(H,17,18). The molecule has 3 nitrogen and oxygen atoms in total. The minimum atomic E-state index is -1.26. The van der Waals surface area contributed by atoms with Crippen molar-refractivity contribution in [3.05, 3.63) is 51.9 Å². The van der Waals surface area contributed by atoms with Gasteiger partial charge in [0.15, 0.2) is 0 Å². The number of carboxylic acids is 1. The van der Waals surface area contributed by atoms with Crippen molar-refractivity contribution in [1.82, 2.24) is 4.98 Å². The summed E-state index contributed by atoms with van der Waals surface area (Å²) in [5, 5.41) is 9.63. The number of aromatic nitrogens is 1. The monoisotopic (exact) mass is 285 g/mol. The third kappa shape index (κ3) is 2.44. The lowest BCUT2D eigenvalue weighted by Gasteiger charge is -2.06. The summed E-state index contributed by atoms with van der Waals surface area (Å²) in [6.07, 6.45) is 0.949. The predicted molar refractivity (Wildman–Crippen MR) is 66.6 cm³/mol. The van der Waals surface area contributed by atoms with Gasteiger partial charge in [-0.1, -0.05) is 29.3 Å². The van der Waals surface area contributed by atoms with Crippen molar-refractivity contribution in [2.75, 3.05) is 0 Å². The number of carbonyl (C=O) groups is 1. The first-order valence-corrected chi connectivity index (χ1v) is 5.59. The fourth-order valence-corrected chi connectivity index (χ4v) is 1.77. The average Bonchev–Trinajstić information content (AvgIpc) is 2.32. The average molecular weight is 286 g/mol. The molecule has 2 rings (SSSR count). The van der Waals surface area contributed by atoms with E-state index in [1.165, 1.54) is 12.1 Å². The lowest BCUT2D eigenvalue weighted by molar-refractivity contribution is 0.0697. The fourth-order valence-electron chi connectivity index (χ4n) is 1.48. The van der Waals surface area contributed by atoms with Gasteiger partial charge in [0.1, 0.15) is 5.82 Å². The summed E-state index contributed by atoms with van der Waals surface area (Å²) < 4.78 is 13.0. The molecule has 0 aliphatic carbocycles. The highest BCUT2D eigenvalue weighted by Crippen LogP contribution is 2.29. The van der Waals surface area contributed by atoms with E-state index < -0.39 is 11.8 Å². The Hall–Kier alpha value is -1.65. The lowest BCUT2D eigenvalue weighted by Crippen LogP contribution is -2.02. The predicted octanol–water partition coefficient (Wildman–Crippen LogP) is 3.89. The van der Waals surface area contributed by atoms with Crippen LogP contribution in [-0.2, 0) is 0 Å². The maximum absolute atomic E-state index is 13.0. The van der Waals surface area contributed by atoms with Crippen molar-refractivity contribution < 1.29 is 14.3 Å². The second-order valence-electron chi connectivity index (χ2n) is 3.48. The second-order valence-corrected chi connectivity index (χ2v) is 4.30. The Labute approximate surface area is 112 Å². The van der Waals surface area contributed by atoms with Crippen molar-refractivity contribution in [2.45, 2.75) is 0 Å². The fraction of sp³-hybridized carbons (Fsp3) is 0. The smallest absolute Gasteiger partial charge is 0.338 e. The van der Waals surface area contributed by atoms with Crippen LogP contribution in [0.3, 0.4) is 0 Å². The van der Waals surface area contributed by atoms with Crippen LogP contribution in [0.15, 0.2) is 30.5 Å². The maximum atomic E-state index is 13.0. The molecule has 92 valence electrons. The summed E-state index contributed by atoms with van der Waals surface area (Å²) in [5.41, 5.74) is 0.373. The third-order valence-electron chi connectivity index (χ3n) is 2.28. The molecule has 0 saturated carbocycles. The first-order chi connectivity index (χ1) is 8.49. The van der Waals surface area contributed by atoms with E-state index in [4.69, 9.17) is 28.3 Å². The van der Waals surface area contributed by atoms with Crippen LogP contribution in [0.4, 0.5) is 4.39 Å². The zero-order valence-corrected chi connectivity index (χ0v) is 10.3. The summed E-state index contributed by atoms with van der Waals surface area (Å²) in [6.45, 7) is 0. The van der Waals surface area contributed by atoms with Crippen LogP contribution in [0, 0.1) is 5.82 Å². The molecule has 0 spiro atoms. The molecular weight excluding hydrogens is 280 g/mol. The summed E-state index contributed by atoms with van der Waals surface area (Å²) in [4.78, 5) is 14.8. The summed E-state index contributed by atoms with van der Waals surface area (Å²) in [5.74, 6) is -1.97. The van der Waals surface area contributed by atoms with Crippen LogP contribution < -0.4 is 0 Å². The Morgan fingerprint density at radius 3 is 2.56 bits per heavy atom. The number of nitrogens with zero attached hydrogens (tertiary/aromatic N) is 1. The van der Waals surface area contributed by atoms with Gasteiger partial charge in [0.2, 0.25) is 0 Å². The molecule has 0 atom stereocenters. The number of rotatable bonds is 2. The molecule has 0 fully saturated rings. The van der Waals surface area contributed by atoms with E-state index in [2.05, 4.69) is 4.98 Å². The molecule has 2 aromatic rings. The van der Waals surface area contributed by atoms with Gasteiger partial charge in [-0.25, -0.2) is 9.18 Å². The van der Waals surface area contributed by atoms with Crippen molar-refractivity contribution in [3.63, 3.8) is 0 Å². The lowest BCUT2D eigenvalue weighted by atomic mass is 10.1. The van der Waals surface area contributed by atoms with Crippen LogP contribution in [0.1, 0.15) is 10.4 Å². The summed E-state index contributed by atoms with van der Waals surface area (Å²) in [6, 6.07) is 5.49. The topological polar surface area (TPSA) is 50.2 Å². The Balaban J connectivity index is 2.63. The quantitative estimate of drug-likeness (QED) is 0.911. The number of aromatic carboxylic acids is 1. The molecule has 1 heterocycles. The minimum Gasteiger partial charge on any atom is -0.478 e. The number of pyridine rings is 1. The molecular formula is C12H6Cl2FNO2. The minimum absolute atomic E-state index is 0.141. The zero-order valence-electron chi connectivity index (χ0n) is 8.82. The summed E-state index contributed by atoms with van der Waals surface area (Å²) in [7, 11) is 0. The first kappa shape index (κ1) is 12.8. The molecule has 18 heavy (non-hydrogen) atoms. The Morgan fingerprint density at radius 2 is 1.94 bits per heavy atom. The van der Waals surface area contributed by atoms with Crippen LogP contribution >= 0.6 is 23.2 Å². The van der Waals surface area contributed by atoms with Crippen molar-refractivity contribution in [1.29, 1.82) is 0 Å². The molecule has 1 aromatic heterocycles. The van der Waals surface area contributed by atoms with Gasteiger partial charge in [-0.3, -0.25) is 4.98 Å². The van der Waals surface area contributed by atoms with Gasteiger partial charge < -0.3 is 5.11 Å². The second kappa shape index (κ2) is 4.92. The number of hydrogen-bond acceptors (Lipinski definition) is 2. The van der Waals surface area contributed by atoms with E-state index in [9.17, 15) is 9.18 Å². The van der Waals surface area contributed by atoms with Crippen LogP contribution in [-0.4, -0.2) is 16.1 Å². The Bertz CT molecular complexity index is 631. The molecule has 1 N–H and O–H groups in total. The van der Waals surface area contributed by atoms with Crippen LogP contribution in [0.2, 0.25) is 10.0 Å². The van der Waals surface area contributed by atoms with E-state index >= 15 is 0 Å². The normalized spacial score (nSPS) is 10.4. The number of benzene rings is 1. The van der Waals surface area contributed by atoms with Gasteiger partial charge in [0.25, 0.3) is 0 Å². The molecule has 0 unspecified atom stereocenters. The van der Waals surface area contributed by atoms with Crippen molar-refractivity contribution in [3.8, 4) is 11.3 Å². The van der Waals surface area contributed by atoms with Gasteiger partial charge in [-0.2, -0.15) is 0 Å². The van der Waals surface area contributed by atoms with Crippen molar-refractivity contribution >= 4 is 29.2 Å². The zero-order chi connectivity index (χ0) is 13.3. The number of halogens is 3. The number of hydrogen-bond donors (Lipinski definition) is 1. The molecule has 0 bridgehead atoms. The van der Waals surface area contributed by atoms with E-state index in [1.807, 2.05) is 0 Å². The van der Waals surface area contributed by atoms with E-state index in [0.717, 1.165) is 12.3 Å². The van der Waals surface area contributed by atoms with E-state index in [-0.39, 0.29) is 16.3 Å². The molecule has 0 aliphatic heterocycles. The largest absolute Gasteiger partial charge is 0.478 e. The van der Waals surface area contributed by atoms with Gasteiger partial charge in [-0.15, -0.1) is 0 Å². The molecule has 6 heteroatoms. The van der Waals surface area contributed by atoms with Gasteiger partial charge in [0, 0.05) is 5.56 Å². The third-order valence-corrected chi connectivity index (χ3v) is 3.02. The molecule has 0 saturated heterocycles.